The molecule has 1 rings (SSSR count). The average molecular weight is 165 g/mol. The number of ether oxygens (including phenoxy) is 2. The predicted molar refractivity (Wildman–Crippen MR) is 47.8 cm³/mol. The third kappa shape index (κ3) is 2.36. The molecule has 0 saturated carbocycles. The van der Waals surface area contributed by atoms with Crippen molar-refractivity contribution in [3.8, 4) is 0 Å². The molecule has 64 valence electrons. The lowest BCUT2D eigenvalue weighted by Crippen LogP contribution is -2.13. The topological polar surface area (TPSA) is 30.8 Å². The molecule has 0 aliphatic carbocycles. The third-order valence-electron chi connectivity index (χ3n) is 1.34. The van der Waals surface area contributed by atoms with Crippen molar-refractivity contribution in [1.82, 2.24) is 0 Å². The third-order valence-corrected chi connectivity index (χ3v) is 1.34. The van der Waals surface area contributed by atoms with Crippen molar-refractivity contribution in [2.24, 2.45) is 4.99 Å². The molecule has 0 unspecified atom stereocenters. The van der Waals surface area contributed by atoms with Gasteiger partial charge >= 0.3 is 0 Å². The lowest BCUT2D eigenvalue weighted by atomic mass is 10.2. The number of hydrogen-bond acceptors (Lipinski definition) is 3. The van der Waals surface area contributed by atoms with E-state index in [1.165, 1.54) is 6.20 Å². The van der Waals surface area contributed by atoms with E-state index in [9.17, 15) is 0 Å². The van der Waals surface area contributed by atoms with Crippen molar-refractivity contribution in [3.63, 3.8) is 0 Å². The number of rotatable bonds is 2. The minimum Gasteiger partial charge on any atom is -0.467 e. The Morgan fingerprint density at radius 1 is 1.50 bits per heavy atom. The van der Waals surface area contributed by atoms with Gasteiger partial charge in [0.05, 0.1) is 6.61 Å². The van der Waals surface area contributed by atoms with E-state index in [1.807, 2.05) is 0 Å². The van der Waals surface area contributed by atoms with Crippen molar-refractivity contribution in [2.45, 2.75) is 0 Å². The summed E-state index contributed by atoms with van der Waals surface area (Å²) < 4.78 is 10.1. The Bertz CT molecular complexity index is 241. The van der Waals surface area contributed by atoms with Gasteiger partial charge in [0.1, 0.15) is 5.76 Å². The van der Waals surface area contributed by atoms with Gasteiger partial charge in [-0.25, -0.2) is 0 Å². The van der Waals surface area contributed by atoms with Crippen LogP contribution in [0, 0.1) is 0 Å². The van der Waals surface area contributed by atoms with Gasteiger partial charge in [0.15, 0.2) is 6.79 Å². The van der Waals surface area contributed by atoms with E-state index >= 15 is 0 Å². The number of nitrogens with zero attached hydrogens (tertiary/aromatic N) is 1. The van der Waals surface area contributed by atoms with Crippen LogP contribution in [-0.4, -0.2) is 19.6 Å². The van der Waals surface area contributed by atoms with Crippen molar-refractivity contribution >= 4 is 6.21 Å². The standard InChI is InChI=1S/C9H11NO2/c1-3-10-5-4-9-8(2)6-11-7-12-9/h3-5H,1-2,6-7H2/b9-4+,10-5-. The summed E-state index contributed by atoms with van der Waals surface area (Å²) in [6.45, 7) is 8.02. The second-order valence-corrected chi connectivity index (χ2v) is 2.23. The molecule has 1 fully saturated rings. The first kappa shape index (κ1) is 8.74. The van der Waals surface area contributed by atoms with Crippen LogP contribution in [0.5, 0.6) is 0 Å². The highest BCUT2D eigenvalue weighted by atomic mass is 16.7. The van der Waals surface area contributed by atoms with Gasteiger partial charge in [0, 0.05) is 18.0 Å². The Morgan fingerprint density at radius 2 is 2.33 bits per heavy atom. The minimum absolute atomic E-state index is 0.285. The monoisotopic (exact) mass is 165 g/mol. The van der Waals surface area contributed by atoms with Gasteiger partial charge < -0.3 is 9.47 Å². The molecule has 0 bridgehead atoms. The van der Waals surface area contributed by atoms with Crippen LogP contribution in [0.1, 0.15) is 0 Å². The van der Waals surface area contributed by atoms with E-state index in [0.717, 1.165) is 11.3 Å². The quantitative estimate of drug-likeness (QED) is 0.582. The fourth-order valence-electron chi connectivity index (χ4n) is 0.781. The molecule has 0 aromatic carbocycles. The maximum Gasteiger partial charge on any atom is 0.189 e. The zero-order valence-electron chi connectivity index (χ0n) is 6.82. The Kier molecular flexibility index (Phi) is 3.29. The van der Waals surface area contributed by atoms with Gasteiger partial charge in [-0.2, -0.15) is 0 Å². The summed E-state index contributed by atoms with van der Waals surface area (Å²) in [5.41, 5.74) is 0.830. The molecule has 0 N–H and O–H groups in total. The first-order chi connectivity index (χ1) is 5.84. The van der Waals surface area contributed by atoms with Crippen molar-refractivity contribution in [2.75, 3.05) is 13.4 Å². The normalized spacial score (nSPS) is 21.3. The van der Waals surface area contributed by atoms with E-state index < -0.39 is 0 Å². The summed E-state index contributed by atoms with van der Waals surface area (Å²) in [6, 6.07) is 0. The molecule has 3 nitrogen and oxygen atoms in total. The minimum atomic E-state index is 0.285. The first-order valence-corrected chi connectivity index (χ1v) is 3.57. The van der Waals surface area contributed by atoms with E-state index in [-0.39, 0.29) is 6.79 Å². The van der Waals surface area contributed by atoms with E-state index in [2.05, 4.69) is 18.2 Å². The Labute approximate surface area is 71.7 Å². The Morgan fingerprint density at radius 3 is 3.00 bits per heavy atom. The van der Waals surface area contributed by atoms with Gasteiger partial charge in [-0.3, -0.25) is 4.99 Å². The molecule has 1 aliphatic heterocycles. The van der Waals surface area contributed by atoms with Gasteiger partial charge in [0.25, 0.3) is 0 Å². The largest absolute Gasteiger partial charge is 0.467 e. The smallest absolute Gasteiger partial charge is 0.189 e. The molecule has 1 saturated heterocycles. The summed E-state index contributed by atoms with van der Waals surface area (Å²) in [5, 5.41) is 0. The number of allylic oxidation sites excluding steroid dienone is 1. The molecule has 1 heterocycles. The molecular weight excluding hydrogens is 154 g/mol. The molecule has 0 atom stereocenters. The van der Waals surface area contributed by atoms with E-state index in [0.29, 0.717) is 6.61 Å². The number of hydrogen-bond donors (Lipinski definition) is 0. The predicted octanol–water partition coefficient (Wildman–Crippen LogP) is 1.65. The van der Waals surface area contributed by atoms with Crippen LogP contribution in [-0.2, 0) is 9.47 Å². The van der Waals surface area contributed by atoms with Gasteiger partial charge in [-0.05, 0) is 6.08 Å². The molecule has 0 amide bonds. The maximum absolute atomic E-state index is 5.15. The van der Waals surface area contributed by atoms with Crippen LogP contribution in [0.4, 0.5) is 0 Å². The molecule has 0 aromatic heterocycles. The fraction of sp³-hybridized carbons (Fsp3) is 0.222. The molecule has 0 spiro atoms. The highest BCUT2D eigenvalue weighted by Crippen LogP contribution is 2.14. The second-order valence-electron chi connectivity index (χ2n) is 2.23. The van der Waals surface area contributed by atoms with Crippen molar-refractivity contribution < 1.29 is 9.47 Å². The SMILES string of the molecule is C=C/N=C\C=C1\OCOCC1=C. The molecular formula is C9H11NO2. The Hall–Kier alpha value is -1.35. The average Bonchev–Trinajstić information content (AvgIpc) is 2.09. The molecule has 3 heteroatoms. The van der Waals surface area contributed by atoms with Crippen LogP contribution < -0.4 is 0 Å². The summed E-state index contributed by atoms with van der Waals surface area (Å²) in [4.78, 5) is 3.80. The summed E-state index contributed by atoms with van der Waals surface area (Å²) in [6.07, 6.45) is 4.81. The molecule has 0 radical (unpaired) electrons. The van der Waals surface area contributed by atoms with Crippen LogP contribution >= 0.6 is 0 Å². The zero-order chi connectivity index (χ0) is 8.81. The van der Waals surface area contributed by atoms with E-state index in [4.69, 9.17) is 9.47 Å². The van der Waals surface area contributed by atoms with Gasteiger partial charge in [0.2, 0.25) is 0 Å². The number of aliphatic imine (C=N–C) groups is 1. The van der Waals surface area contributed by atoms with Gasteiger partial charge in [-0.15, -0.1) is 0 Å². The fourth-order valence-corrected chi connectivity index (χ4v) is 0.781. The first-order valence-electron chi connectivity index (χ1n) is 3.57. The zero-order valence-corrected chi connectivity index (χ0v) is 6.82. The molecule has 1 aliphatic rings. The van der Waals surface area contributed by atoms with Crippen LogP contribution in [0.2, 0.25) is 0 Å². The van der Waals surface area contributed by atoms with Crippen LogP contribution in [0.15, 0.2) is 41.8 Å². The molecule has 0 aromatic rings. The highest BCUT2D eigenvalue weighted by molar-refractivity contribution is 5.73. The Balaban J connectivity index is 2.58. The summed E-state index contributed by atoms with van der Waals surface area (Å²) >= 11 is 0. The summed E-state index contributed by atoms with van der Waals surface area (Å²) in [7, 11) is 0. The maximum atomic E-state index is 5.15. The van der Waals surface area contributed by atoms with Crippen molar-refractivity contribution in [1.29, 1.82) is 0 Å². The lowest BCUT2D eigenvalue weighted by molar-refractivity contribution is -0.0363. The van der Waals surface area contributed by atoms with Crippen LogP contribution in [0.3, 0.4) is 0 Å². The van der Waals surface area contributed by atoms with Crippen LogP contribution in [0.25, 0.3) is 0 Å². The lowest BCUT2D eigenvalue weighted by Gasteiger charge is -2.17. The summed E-state index contributed by atoms with van der Waals surface area (Å²) in [5.74, 6) is 0.729. The van der Waals surface area contributed by atoms with Crippen molar-refractivity contribution in [3.05, 3.63) is 36.8 Å². The second kappa shape index (κ2) is 4.51. The molecule has 12 heavy (non-hydrogen) atoms. The van der Waals surface area contributed by atoms with E-state index in [1.54, 1.807) is 12.3 Å². The highest BCUT2D eigenvalue weighted by Gasteiger charge is 2.09. The van der Waals surface area contributed by atoms with Gasteiger partial charge in [-0.1, -0.05) is 13.2 Å².